The van der Waals surface area contributed by atoms with Gasteiger partial charge in [-0.1, -0.05) is 60.7 Å². The number of methoxy groups -OCH3 is 1. The topological polar surface area (TPSA) is 36.9 Å². The molecule has 0 radical (unpaired) electrons. The minimum Gasteiger partial charge on any atom is -0.497 e. The average Bonchev–Trinajstić information content (AvgIpc) is 2.91. The van der Waals surface area contributed by atoms with Gasteiger partial charge in [-0.05, 0) is 41.5 Å². The maximum atomic E-state index is 6.20. The van der Waals surface area contributed by atoms with Crippen molar-refractivity contribution >= 4 is 11.6 Å². The third-order valence-electron chi connectivity index (χ3n) is 5.72. The molecule has 0 saturated heterocycles. The quantitative estimate of drug-likeness (QED) is 0.296. The first-order valence-electron chi connectivity index (χ1n) is 11.3. The molecule has 34 heavy (non-hydrogen) atoms. The average molecular weight is 451 g/mol. The number of benzene rings is 4. The van der Waals surface area contributed by atoms with Gasteiger partial charge in [-0.2, -0.15) is 0 Å². The molecular weight excluding hydrogens is 424 g/mol. The summed E-state index contributed by atoms with van der Waals surface area (Å²) < 4.78 is 23.7. The van der Waals surface area contributed by atoms with Crippen LogP contribution in [0.15, 0.2) is 97.1 Å². The van der Waals surface area contributed by atoms with Crippen molar-refractivity contribution < 1.29 is 18.9 Å². The first kappa shape index (κ1) is 21.7. The van der Waals surface area contributed by atoms with Gasteiger partial charge in [0.25, 0.3) is 0 Å². The SMILES string of the molecule is COc1ccc(C2=Cc3ccc(OCc4ccccc4)cc3OC2)c(OCc2ccccc2)c1. The molecule has 0 bridgehead atoms. The van der Waals surface area contributed by atoms with E-state index in [2.05, 4.69) is 30.3 Å². The van der Waals surface area contributed by atoms with E-state index in [1.165, 1.54) is 0 Å². The molecule has 0 atom stereocenters. The molecule has 0 amide bonds. The van der Waals surface area contributed by atoms with E-state index in [4.69, 9.17) is 18.9 Å². The van der Waals surface area contributed by atoms with Crippen LogP contribution in [-0.4, -0.2) is 13.7 Å². The van der Waals surface area contributed by atoms with E-state index < -0.39 is 0 Å². The molecule has 1 aliphatic heterocycles. The van der Waals surface area contributed by atoms with E-state index in [0.29, 0.717) is 19.8 Å². The van der Waals surface area contributed by atoms with E-state index in [1.807, 2.05) is 72.8 Å². The van der Waals surface area contributed by atoms with E-state index in [0.717, 1.165) is 50.8 Å². The van der Waals surface area contributed by atoms with Gasteiger partial charge in [0.15, 0.2) is 0 Å². The Hall–Kier alpha value is -4.18. The lowest BCUT2D eigenvalue weighted by molar-refractivity contribution is 0.299. The van der Waals surface area contributed by atoms with E-state index in [9.17, 15) is 0 Å². The molecule has 1 heterocycles. The van der Waals surface area contributed by atoms with Gasteiger partial charge in [0.05, 0.1) is 7.11 Å². The van der Waals surface area contributed by atoms with Gasteiger partial charge in [-0.25, -0.2) is 0 Å². The molecule has 4 aromatic rings. The zero-order valence-corrected chi connectivity index (χ0v) is 19.1. The number of rotatable bonds is 8. The highest BCUT2D eigenvalue weighted by Crippen LogP contribution is 2.37. The summed E-state index contributed by atoms with van der Waals surface area (Å²) in [6.07, 6.45) is 2.15. The van der Waals surface area contributed by atoms with Gasteiger partial charge in [-0.3, -0.25) is 0 Å². The molecule has 0 spiro atoms. The zero-order chi connectivity index (χ0) is 23.2. The van der Waals surface area contributed by atoms with Crippen LogP contribution in [0.4, 0.5) is 0 Å². The Morgan fingerprint density at radius 1 is 0.706 bits per heavy atom. The highest BCUT2D eigenvalue weighted by atomic mass is 16.5. The molecule has 170 valence electrons. The molecule has 0 fully saturated rings. The lowest BCUT2D eigenvalue weighted by Gasteiger charge is -2.21. The zero-order valence-electron chi connectivity index (χ0n) is 19.1. The predicted molar refractivity (Wildman–Crippen MR) is 134 cm³/mol. The fraction of sp³-hybridized carbons (Fsp3) is 0.133. The van der Waals surface area contributed by atoms with Gasteiger partial charge >= 0.3 is 0 Å². The molecule has 1 aliphatic rings. The van der Waals surface area contributed by atoms with Gasteiger partial charge in [0.1, 0.15) is 42.8 Å². The van der Waals surface area contributed by atoms with Gasteiger partial charge < -0.3 is 18.9 Å². The molecule has 0 unspecified atom stereocenters. The van der Waals surface area contributed by atoms with Crippen LogP contribution in [0.1, 0.15) is 22.3 Å². The maximum absolute atomic E-state index is 6.20. The summed E-state index contributed by atoms with van der Waals surface area (Å²) in [5, 5.41) is 0. The van der Waals surface area contributed by atoms with Crippen molar-refractivity contribution in [3.8, 4) is 23.0 Å². The van der Waals surface area contributed by atoms with Gasteiger partial charge in [0, 0.05) is 28.8 Å². The summed E-state index contributed by atoms with van der Waals surface area (Å²) in [7, 11) is 1.66. The number of ether oxygens (including phenoxy) is 4. The largest absolute Gasteiger partial charge is 0.497 e. The third kappa shape index (κ3) is 5.07. The summed E-state index contributed by atoms with van der Waals surface area (Å²) in [6.45, 7) is 1.45. The Kier molecular flexibility index (Phi) is 6.48. The number of fused-ring (bicyclic) bond motifs is 1. The first-order chi connectivity index (χ1) is 16.8. The van der Waals surface area contributed by atoms with Crippen molar-refractivity contribution in [3.05, 3.63) is 119 Å². The Morgan fingerprint density at radius 3 is 2.09 bits per heavy atom. The Labute approximate surface area is 200 Å². The molecule has 0 N–H and O–H groups in total. The second-order valence-electron chi connectivity index (χ2n) is 8.07. The van der Waals surface area contributed by atoms with Crippen LogP contribution in [0, 0.1) is 0 Å². The van der Waals surface area contributed by atoms with E-state index in [1.54, 1.807) is 7.11 Å². The number of hydrogen-bond acceptors (Lipinski definition) is 4. The van der Waals surface area contributed by atoms with Crippen molar-refractivity contribution in [3.63, 3.8) is 0 Å². The molecule has 0 aliphatic carbocycles. The van der Waals surface area contributed by atoms with Crippen LogP contribution in [0.5, 0.6) is 23.0 Å². The van der Waals surface area contributed by atoms with E-state index >= 15 is 0 Å². The molecule has 4 aromatic carbocycles. The molecule has 0 saturated carbocycles. The van der Waals surface area contributed by atoms with Crippen LogP contribution in [0.25, 0.3) is 11.6 Å². The Bertz CT molecular complexity index is 1280. The molecule has 0 aromatic heterocycles. The number of hydrogen-bond donors (Lipinski definition) is 0. The summed E-state index contributed by atoms with van der Waals surface area (Å²) >= 11 is 0. The van der Waals surface area contributed by atoms with Gasteiger partial charge in [-0.15, -0.1) is 0 Å². The highest BCUT2D eigenvalue weighted by Gasteiger charge is 2.18. The van der Waals surface area contributed by atoms with Crippen molar-refractivity contribution in [2.24, 2.45) is 0 Å². The van der Waals surface area contributed by atoms with Crippen molar-refractivity contribution in [2.45, 2.75) is 13.2 Å². The minimum atomic E-state index is 0.448. The first-order valence-corrected chi connectivity index (χ1v) is 11.3. The van der Waals surface area contributed by atoms with Crippen LogP contribution >= 0.6 is 0 Å². The second-order valence-corrected chi connectivity index (χ2v) is 8.07. The van der Waals surface area contributed by atoms with Crippen molar-refractivity contribution in [1.29, 1.82) is 0 Å². The Balaban J connectivity index is 1.36. The van der Waals surface area contributed by atoms with Crippen LogP contribution in [0.2, 0.25) is 0 Å². The van der Waals surface area contributed by atoms with Crippen molar-refractivity contribution in [1.82, 2.24) is 0 Å². The summed E-state index contributed by atoms with van der Waals surface area (Å²) in [6, 6.07) is 32.1. The predicted octanol–water partition coefficient (Wildman–Crippen LogP) is 6.79. The van der Waals surface area contributed by atoms with Crippen molar-refractivity contribution in [2.75, 3.05) is 13.7 Å². The normalized spacial score (nSPS) is 12.2. The monoisotopic (exact) mass is 450 g/mol. The van der Waals surface area contributed by atoms with Crippen LogP contribution in [0.3, 0.4) is 0 Å². The van der Waals surface area contributed by atoms with Crippen LogP contribution in [-0.2, 0) is 13.2 Å². The minimum absolute atomic E-state index is 0.448. The standard InChI is InChI=1S/C30H26O4/c1-31-26-14-15-28(30(17-26)33-20-23-10-6-3-7-11-23)25-16-24-12-13-27(18-29(24)34-21-25)32-19-22-8-4-2-5-9-22/h2-18H,19-21H2,1H3. The fourth-order valence-corrected chi connectivity index (χ4v) is 3.88. The smallest absolute Gasteiger partial charge is 0.131 e. The fourth-order valence-electron chi connectivity index (χ4n) is 3.88. The van der Waals surface area contributed by atoms with E-state index in [-0.39, 0.29) is 0 Å². The summed E-state index contributed by atoms with van der Waals surface area (Å²) in [5.74, 6) is 3.12. The highest BCUT2D eigenvalue weighted by molar-refractivity contribution is 5.88. The Morgan fingerprint density at radius 2 is 1.38 bits per heavy atom. The molecule has 4 nitrogen and oxygen atoms in total. The molecule has 4 heteroatoms. The third-order valence-corrected chi connectivity index (χ3v) is 5.72. The van der Waals surface area contributed by atoms with Gasteiger partial charge in [0.2, 0.25) is 0 Å². The second kappa shape index (κ2) is 10.2. The van der Waals surface area contributed by atoms with Crippen LogP contribution < -0.4 is 18.9 Å². The lowest BCUT2D eigenvalue weighted by Crippen LogP contribution is -2.08. The molecule has 5 rings (SSSR count). The summed E-state index contributed by atoms with van der Waals surface area (Å²) in [4.78, 5) is 0. The maximum Gasteiger partial charge on any atom is 0.131 e. The molecular formula is C30H26O4. The summed E-state index contributed by atoms with van der Waals surface area (Å²) in [5.41, 5.74) is 5.30. The lowest BCUT2D eigenvalue weighted by atomic mass is 9.99.